The Morgan fingerprint density at radius 1 is 1.50 bits per heavy atom. The van der Waals surface area contributed by atoms with E-state index in [1.165, 1.54) is 10.9 Å². The standard InChI is InChI=1S/C9H14N5O7P/c10-9-12-7-6(8(16)13-9)11-3-14(7)4-20-5(1-15)2-21-22(17,18)19/h3,5,15H,1-2,4H2,(H2,17,18,19)(H3,10,12,13,16)/t5-/m1/s1. The summed E-state index contributed by atoms with van der Waals surface area (Å²) in [5.74, 6) is -0.0946. The van der Waals surface area contributed by atoms with Gasteiger partial charge in [-0.05, 0) is 0 Å². The first-order valence-electron chi connectivity index (χ1n) is 5.93. The topological polar surface area (TPSA) is 186 Å². The van der Waals surface area contributed by atoms with E-state index in [-0.39, 0.29) is 23.8 Å². The van der Waals surface area contributed by atoms with Gasteiger partial charge >= 0.3 is 7.82 Å². The second kappa shape index (κ2) is 6.52. The fourth-order valence-electron chi connectivity index (χ4n) is 1.58. The number of nitrogens with zero attached hydrogens (tertiary/aromatic N) is 3. The normalized spacial score (nSPS) is 13.6. The van der Waals surface area contributed by atoms with Crippen LogP contribution in [-0.4, -0.2) is 53.7 Å². The zero-order valence-corrected chi connectivity index (χ0v) is 12.0. The molecular formula is C9H14N5O7P. The highest BCUT2D eigenvalue weighted by Crippen LogP contribution is 2.35. The molecule has 0 aliphatic carbocycles. The lowest BCUT2D eigenvalue weighted by atomic mass is 10.4. The zero-order chi connectivity index (χ0) is 16.3. The molecule has 122 valence electrons. The maximum absolute atomic E-state index is 11.6. The monoisotopic (exact) mass is 335 g/mol. The highest BCUT2D eigenvalue weighted by atomic mass is 31.2. The van der Waals surface area contributed by atoms with Crippen LogP contribution in [0.2, 0.25) is 0 Å². The SMILES string of the molecule is Nc1nc2c(ncn2CO[C@H](CO)COP(=O)(O)O)c(=O)[nH]1. The lowest BCUT2D eigenvalue weighted by molar-refractivity contribution is -0.0479. The van der Waals surface area contributed by atoms with Crippen molar-refractivity contribution in [3.63, 3.8) is 0 Å². The molecule has 0 aliphatic heterocycles. The summed E-state index contributed by atoms with van der Waals surface area (Å²) in [4.78, 5) is 38.8. The molecule has 0 bridgehead atoms. The van der Waals surface area contributed by atoms with Crippen molar-refractivity contribution in [3.8, 4) is 0 Å². The minimum absolute atomic E-state index is 0.0600. The Morgan fingerprint density at radius 2 is 2.23 bits per heavy atom. The van der Waals surface area contributed by atoms with Gasteiger partial charge in [0.05, 0.1) is 19.5 Å². The first-order chi connectivity index (χ1) is 10.3. The molecule has 0 aromatic carbocycles. The molecule has 0 spiro atoms. The number of fused-ring (bicyclic) bond motifs is 1. The molecule has 0 radical (unpaired) electrons. The van der Waals surface area contributed by atoms with Gasteiger partial charge in [-0.1, -0.05) is 0 Å². The number of aliphatic hydroxyl groups is 1. The largest absolute Gasteiger partial charge is 0.469 e. The van der Waals surface area contributed by atoms with Gasteiger partial charge in [0.15, 0.2) is 11.2 Å². The maximum Gasteiger partial charge on any atom is 0.469 e. The number of anilines is 1. The number of phosphoric acid groups is 1. The van der Waals surface area contributed by atoms with E-state index in [9.17, 15) is 9.36 Å². The average Bonchev–Trinajstić information content (AvgIpc) is 2.81. The van der Waals surface area contributed by atoms with Crippen LogP contribution in [0.1, 0.15) is 0 Å². The Hall–Kier alpha value is -1.82. The molecule has 0 saturated heterocycles. The smallest absolute Gasteiger partial charge is 0.394 e. The Morgan fingerprint density at radius 3 is 2.86 bits per heavy atom. The molecule has 0 amide bonds. The van der Waals surface area contributed by atoms with Gasteiger partial charge in [0.2, 0.25) is 5.95 Å². The van der Waals surface area contributed by atoms with E-state index < -0.39 is 32.7 Å². The van der Waals surface area contributed by atoms with Gasteiger partial charge in [0.25, 0.3) is 5.56 Å². The number of nitrogens with one attached hydrogen (secondary N) is 1. The van der Waals surface area contributed by atoms with Crippen molar-refractivity contribution in [2.75, 3.05) is 18.9 Å². The van der Waals surface area contributed by atoms with Crippen LogP contribution in [0.15, 0.2) is 11.1 Å². The van der Waals surface area contributed by atoms with E-state index in [1.807, 2.05) is 0 Å². The highest BCUT2D eigenvalue weighted by Gasteiger charge is 2.19. The molecule has 0 fully saturated rings. The highest BCUT2D eigenvalue weighted by molar-refractivity contribution is 7.46. The Bertz CT molecular complexity index is 752. The molecule has 0 aliphatic rings. The van der Waals surface area contributed by atoms with Crippen molar-refractivity contribution in [3.05, 3.63) is 16.7 Å². The number of ether oxygens (including phenoxy) is 1. The molecule has 13 heteroatoms. The molecule has 2 aromatic heterocycles. The molecule has 1 atom stereocenters. The molecular weight excluding hydrogens is 321 g/mol. The summed E-state index contributed by atoms with van der Waals surface area (Å²) in [6.07, 6.45) is 0.300. The number of H-pyrrole nitrogens is 1. The summed E-state index contributed by atoms with van der Waals surface area (Å²) in [5.41, 5.74) is 5.16. The summed E-state index contributed by atoms with van der Waals surface area (Å²) < 4.78 is 21.4. The Kier molecular flexibility index (Phi) is 4.90. The van der Waals surface area contributed by atoms with Gasteiger partial charge in [0, 0.05) is 0 Å². The quantitative estimate of drug-likeness (QED) is 0.359. The van der Waals surface area contributed by atoms with Crippen molar-refractivity contribution >= 4 is 24.9 Å². The molecule has 6 N–H and O–H groups in total. The molecule has 2 heterocycles. The van der Waals surface area contributed by atoms with Gasteiger partial charge in [-0.3, -0.25) is 18.9 Å². The summed E-state index contributed by atoms with van der Waals surface area (Å²) >= 11 is 0. The van der Waals surface area contributed by atoms with Crippen molar-refractivity contribution in [1.82, 2.24) is 19.5 Å². The Labute approximate surface area is 122 Å². The summed E-state index contributed by atoms with van der Waals surface area (Å²) in [6.45, 7) is -1.21. The van der Waals surface area contributed by atoms with Crippen LogP contribution < -0.4 is 11.3 Å². The van der Waals surface area contributed by atoms with Gasteiger partial charge in [0.1, 0.15) is 12.8 Å². The molecule has 22 heavy (non-hydrogen) atoms. The van der Waals surface area contributed by atoms with Gasteiger partial charge < -0.3 is 25.4 Å². The van der Waals surface area contributed by atoms with E-state index in [1.54, 1.807) is 0 Å². The number of aromatic amines is 1. The third-order valence-corrected chi connectivity index (χ3v) is 3.06. The molecule has 0 saturated carbocycles. The fraction of sp³-hybridized carbons (Fsp3) is 0.444. The lowest BCUT2D eigenvalue weighted by Gasteiger charge is -2.16. The second-order valence-electron chi connectivity index (χ2n) is 4.22. The second-order valence-corrected chi connectivity index (χ2v) is 5.46. The summed E-state index contributed by atoms with van der Waals surface area (Å²) in [5, 5.41) is 9.08. The van der Waals surface area contributed by atoms with Crippen LogP contribution in [0, 0.1) is 0 Å². The van der Waals surface area contributed by atoms with Crippen molar-refractivity contribution in [2.24, 2.45) is 0 Å². The van der Waals surface area contributed by atoms with Gasteiger partial charge in [-0.25, -0.2) is 9.55 Å². The molecule has 2 rings (SSSR count). The minimum Gasteiger partial charge on any atom is -0.394 e. The number of hydrogen-bond acceptors (Lipinski definition) is 8. The molecule has 0 unspecified atom stereocenters. The number of rotatable bonds is 7. The van der Waals surface area contributed by atoms with Crippen LogP contribution in [0.4, 0.5) is 5.95 Å². The first-order valence-corrected chi connectivity index (χ1v) is 7.46. The average molecular weight is 335 g/mol. The first kappa shape index (κ1) is 16.5. The lowest BCUT2D eigenvalue weighted by Crippen LogP contribution is -2.24. The third kappa shape index (κ3) is 4.10. The third-order valence-electron chi connectivity index (χ3n) is 2.57. The Balaban J connectivity index is 2.07. The van der Waals surface area contributed by atoms with Crippen LogP contribution in [0.5, 0.6) is 0 Å². The maximum atomic E-state index is 11.6. The van der Waals surface area contributed by atoms with E-state index in [0.29, 0.717) is 0 Å². The number of nitrogen functional groups attached to an aromatic ring is 1. The zero-order valence-electron chi connectivity index (χ0n) is 11.1. The van der Waals surface area contributed by atoms with Gasteiger partial charge in [-0.2, -0.15) is 4.98 Å². The van der Waals surface area contributed by atoms with E-state index in [0.717, 1.165) is 0 Å². The number of phosphoric ester groups is 1. The fourth-order valence-corrected chi connectivity index (χ4v) is 1.95. The minimum atomic E-state index is -4.65. The van der Waals surface area contributed by atoms with Crippen molar-refractivity contribution < 1.29 is 28.7 Å². The molecule has 12 nitrogen and oxygen atoms in total. The number of aliphatic hydroxyl groups excluding tert-OH is 1. The van der Waals surface area contributed by atoms with Crippen molar-refractivity contribution in [2.45, 2.75) is 12.8 Å². The van der Waals surface area contributed by atoms with E-state index in [2.05, 4.69) is 19.5 Å². The van der Waals surface area contributed by atoms with Gasteiger partial charge in [-0.15, -0.1) is 0 Å². The predicted molar refractivity (Wildman–Crippen MR) is 72.5 cm³/mol. The van der Waals surface area contributed by atoms with Crippen molar-refractivity contribution in [1.29, 1.82) is 0 Å². The van der Waals surface area contributed by atoms with Crippen LogP contribution in [-0.2, 0) is 20.6 Å². The molecule has 2 aromatic rings. The van der Waals surface area contributed by atoms with E-state index >= 15 is 0 Å². The number of hydrogen-bond donors (Lipinski definition) is 5. The summed E-state index contributed by atoms with van der Waals surface area (Å²) in [7, 11) is -4.65. The number of imidazole rings is 1. The van der Waals surface area contributed by atoms with Crippen LogP contribution in [0.3, 0.4) is 0 Å². The number of nitrogens with two attached hydrogens (primary N) is 1. The van der Waals surface area contributed by atoms with Crippen LogP contribution >= 0.6 is 7.82 Å². The van der Waals surface area contributed by atoms with Crippen LogP contribution in [0.25, 0.3) is 11.2 Å². The van der Waals surface area contributed by atoms with E-state index in [4.69, 9.17) is 25.4 Å². The summed E-state index contributed by atoms with van der Waals surface area (Å²) in [6, 6.07) is 0. The predicted octanol–water partition coefficient (Wildman–Crippen LogP) is -1.85. The number of aromatic nitrogens is 4.